The lowest BCUT2D eigenvalue weighted by Gasteiger charge is -2.09. The standard InChI is InChI=1S/C14H13Cl2N3O/c1-2-17-9-6-7-12(18-8-9)14(20)19-13-10(15)4-3-5-11(13)16/h3-8,17H,2H2,1H3,(H,19,20). The van der Waals surface area contributed by atoms with E-state index in [1.54, 1.807) is 36.5 Å². The first-order valence-corrected chi connectivity index (χ1v) is 6.82. The highest BCUT2D eigenvalue weighted by Gasteiger charge is 2.12. The van der Waals surface area contributed by atoms with E-state index in [-0.39, 0.29) is 5.91 Å². The Morgan fingerprint density at radius 2 is 1.90 bits per heavy atom. The van der Waals surface area contributed by atoms with Gasteiger partial charge >= 0.3 is 0 Å². The zero-order valence-electron chi connectivity index (χ0n) is 10.8. The molecule has 0 bridgehead atoms. The molecule has 0 unspecified atom stereocenters. The van der Waals surface area contributed by atoms with Crippen LogP contribution in [0.5, 0.6) is 0 Å². The Balaban J connectivity index is 2.16. The van der Waals surface area contributed by atoms with Gasteiger partial charge in [0.05, 0.1) is 27.6 Å². The van der Waals surface area contributed by atoms with Gasteiger partial charge in [-0.05, 0) is 31.2 Å². The maximum atomic E-state index is 12.1. The molecule has 0 radical (unpaired) electrons. The maximum absolute atomic E-state index is 12.1. The lowest BCUT2D eigenvalue weighted by atomic mass is 10.2. The van der Waals surface area contributed by atoms with E-state index in [0.717, 1.165) is 12.2 Å². The van der Waals surface area contributed by atoms with Crippen LogP contribution in [-0.4, -0.2) is 17.4 Å². The first-order valence-electron chi connectivity index (χ1n) is 6.07. The lowest BCUT2D eigenvalue weighted by Crippen LogP contribution is -2.14. The van der Waals surface area contributed by atoms with Gasteiger partial charge in [-0.15, -0.1) is 0 Å². The fourth-order valence-electron chi connectivity index (χ4n) is 1.63. The molecule has 0 saturated carbocycles. The molecule has 2 N–H and O–H groups in total. The average Bonchev–Trinajstić information content (AvgIpc) is 2.44. The van der Waals surface area contributed by atoms with Gasteiger partial charge in [0.25, 0.3) is 5.91 Å². The third kappa shape index (κ3) is 3.40. The summed E-state index contributed by atoms with van der Waals surface area (Å²) in [4.78, 5) is 16.2. The molecule has 4 nitrogen and oxygen atoms in total. The van der Waals surface area contributed by atoms with Gasteiger partial charge in [-0.2, -0.15) is 0 Å². The summed E-state index contributed by atoms with van der Waals surface area (Å²) in [5.41, 5.74) is 1.54. The second kappa shape index (κ2) is 6.59. The molecule has 2 rings (SSSR count). The molecule has 0 aliphatic heterocycles. The fraction of sp³-hybridized carbons (Fsp3) is 0.143. The van der Waals surface area contributed by atoms with Gasteiger partial charge in [0.15, 0.2) is 0 Å². The Labute approximate surface area is 127 Å². The third-order valence-corrected chi connectivity index (χ3v) is 3.21. The minimum atomic E-state index is -0.358. The van der Waals surface area contributed by atoms with E-state index in [1.165, 1.54) is 0 Å². The SMILES string of the molecule is CCNc1ccc(C(=O)Nc2c(Cl)cccc2Cl)nc1. The van der Waals surface area contributed by atoms with Gasteiger partial charge in [0, 0.05) is 6.54 Å². The van der Waals surface area contributed by atoms with E-state index >= 15 is 0 Å². The van der Waals surface area contributed by atoms with Crippen LogP contribution in [0.2, 0.25) is 10.0 Å². The molecule has 1 heterocycles. The molecule has 0 saturated heterocycles. The van der Waals surface area contributed by atoms with Crippen molar-refractivity contribution in [3.8, 4) is 0 Å². The Hall–Kier alpha value is -1.78. The molecule has 1 aromatic heterocycles. The maximum Gasteiger partial charge on any atom is 0.274 e. The van der Waals surface area contributed by atoms with Crippen molar-refractivity contribution in [1.82, 2.24) is 4.98 Å². The Morgan fingerprint density at radius 3 is 2.45 bits per heavy atom. The number of carbonyl (C=O) groups is 1. The molecule has 104 valence electrons. The summed E-state index contributed by atoms with van der Waals surface area (Å²) in [6.07, 6.45) is 1.60. The van der Waals surface area contributed by atoms with Crippen LogP contribution in [0.25, 0.3) is 0 Å². The van der Waals surface area contributed by atoms with Gasteiger partial charge in [-0.1, -0.05) is 29.3 Å². The van der Waals surface area contributed by atoms with Crippen LogP contribution < -0.4 is 10.6 Å². The van der Waals surface area contributed by atoms with Crippen LogP contribution in [0.3, 0.4) is 0 Å². The van der Waals surface area contributed by atoms with Crippen molar-refractivity contribution in [2.75, 3.05) is 17.2 Å². The van der Waals surface area contributed by atoms with Gasteiger partial charge in [-0.3, -0.25) is 4.79 Å². The first-order chi connectivity index (χ1) is 9.61. The zero-order valence-corrected chi connectivity index (χ0v) is 12.3. The summed E-state index contributed by atoms with van der Waals surface area (Å²) in [5, 5.41) is 6.53. The van der Waals surface area contributed by atoms with Crippen molar-refractivity contribution < 1.29 is 4.79 Å². The van der Waals surface area contributed by atoms with Crippen molar-refractivity contribution in [2.24, 2.45) is 0 Å². The molecule has 20 heavy (non-hydrogen) atoms. The van der Waals surface area contributed by atoms with Crippen LogP contribution >= 0.6 is 23.2 Å². The summed E-state index contributed by atoms with van der Waals surface area (Å²) in [6.45, 7) is 2.78. The van der Waals surface area contributed by atoms with Crippen LogP contribution in [0.4, 0.5) is 11.4 Å². The number of benzene rings is 1. The van der Waals surface area contributed by atoms with Crippen LogP contribution in [-0.2, 0) is 0 Å². The lowest BCUT2D eigenvalue weighted by molar-refractivity contribution is 0.102. The van der Waals surface area contributed by atoms with Gasteiger partial charge in [-0.25, -0.2) is 4.98 Å². The van der Waals surface area contributed by atoms with Crippen LogP contribution in [0.1, 0.15) is 17.4 Å². The van der Waals surface area contributed by atoms with Gasteiger partial charge in [0.2, 0.25) is 0 Å². The smallest absolute Gasteiger partial charge is 0.274 e. The number of rotatable bonds is 4. The minimum Gasteiger partial charge on any atom is -0.384 e. The number of carbonyl (C=O) groups excluding carboxylic acids is 1. The number of anilines is 2. The predicted octanol–water partition coefficient (Wildman–Crippen LogP) is 4.07. The third-order valence-electron chi connectivity index (χ3n) is 2.58. The van der Waals surface area contributed by atoms with Crippen LogP contribution in [0.15, 0.2) is 36.5 Å². The number of halogens is 2. The normalized spacial score (nSPS) is 10.2. The summed E-state index contributed by atoms with van der Waals surface area (Å²) in [7, 11) is 0. The van der Waals surface area contributed by atoms with Crippen LogP contribution in [0, 0.1) is 0 Å². The fourth-order valence-corrected chi connectivity index (χ4v) is 2.12. The largest absolute Gasteiger partial charge is 0.384 e. The number of para-hydroxylation sites is 1. The highest BCUT2D eigenvalue weighted by molar-refractivity contribution is 6.39. The Bertz CT molecular complexity index is 594. The number of hydrogen-bond donors (Lipinski definition) is 2. The van der Waals surface area contributed by atoms with Crippen molar-refractivity contribution in [3.05, 3.63) is 52.3 Å². The molecular weight excluding hydrogens is 297 g/mol. The monoisotopic (exact) mass is 309 g/mol. The number of aromatic nitrogens is 1. The summed E-state index contributed by atoms with van der Waals surface area (Å²) in [6, 6.07) is 8.46. The Morgan fingerprint density at radius 1 is 1.20 bits per heavy atom. The van der Waals surface area contributed by atoms with E-state index in [0.29, 0.717) is 21.4 Å². The number of nitrogens with one attached hydrogen (secondary N) is 2. The molecule has 1 aromatic carbocycles. The zero-order chi connectivity index (χ0) is 14.5. The van der Waals surface area contributed by atoms with Crippen molar-refractivity contribution in [3.63, 3.8) is 0 Å². The second-order valence-electron chi connectivity index (χ2n) is 4.01. The van der Waals surface area contributed by atoms with Gasteiger partial charge < -0.3 is 10.6 Å². The van der Waals surface area contributed by atoms with E-state index in [9.17, 15) is 4.79 Å². The topological polar surface area (TPSA) is 54.0 Å². The number of nitrogens with zero attached hydrogens (tertiary/aromatic N) is 1. The van der Waals surface area contributed by atoms with E-state index in [2.05, 4.69) is 15.6 Å². The summed E-state index contributed by atoms with van der Waals surface area (Å²) in [5.74, 6) is -0.358. The highest BCUT2D eigenvalue weighted by Crippen LogP contribution is 2.30. The second-order valence-corrected chi connectivity index (χ2v) is 4.83. The molecule has 1 amide bonds. The average molecular weight is 310 g/mol. The molecule has 0 fully saturated rings. The number of amides is 1. The van der Waals surface area contributed by atoms with Gasteiger partial charge in [0.1, 0.15) is 5.69 Å². The molecule has 2 aromatic rings. The number of pyridine rings is 1. The molecule has 0 spiro atoms. The Kier molecular flexibility index (Phi) is 4.82. The first kappa shape index (κ1) is 14.6. The minimum absolute atomic E-state index is 0.294. The highest BCUT2D eigenvalue weighted by atomic mass is 35.5. The molecule has 0 atom stereocenters. The molecule has 0 aliphatic rings. The molecule has 6 heteroatoms. The quantitative estimate of drug-likeness (QED) is 0.895. The molecular formula is C14H13Cl2N3O. The van der Waals surface area contributed by atoms with Crippen molar-refractivity contribution in [2.45, 2.75) is 6.92 Å². The van der Waals surface area contributed by atoms with E-state index in [4.69, 9.17) is 23.2 Å². The van der Waals surface area contributed by atoms with E-state index < -0.39 is 0 Å². The number of hydrogen-bond acceptors (Lipinski definition) is 3. The molecule has 0 aliphatic carbocycles. The van der Waals surface area contributed by atoms with Crippen molar-refractivity contribution in [1.29, 1.82) is 0 Å². The van der Waals surface area contributed by atoms with Crippen molar-refractivity contribution >= 4 is 40.5 Å². The predicted molar refractivity (Wildman–Crippen MR) is 82.8 cm³/mol. The van der Waals surface area contributed by atoms with E-state index in [1.807, 2.05) is 6.92 Å². The summed E-state index contributed by atoms with van der Waals surface area (Å²) >= 11 is 12.0. The summed E-state index contributed by atoms with van der Waals surface area (Å²) < 4.78 is 0.